The second kappa shape index (κ2) is 4.57. The molecule has 1 heterocycles. The van der Waals surface area contributed by atoms with Crippen LogP contribution in [0.5, 0.6) is 0 Å². The Bertz CT molecular complexity index is 653. The van der Waals surface area contributed by atoms with E-state index in [2.05, 4.69) is 5.10 Å². The highest BCUT2D eigenvalue weighted by atomic mass is 19.1. The number of nitrogens with two attached hydrogens (primary N) is 1. The van der Waals surface area contributed by atoms with Crippen LogP contribution in [0.2, 0.25) is 0 Å². The van der Waals surface area contributed by atoms with Gasteiger partial charge in [0.1, 0.15) is 17.2 Å². The molecular formula is C14H16FN3O. The fourth-order valence-corrected chi connectivity index (χ4v) is 2.80. The molecule has 1 saturated carbocycles. The summed E-state index contributed by atoms with van der Waals surface area (Å²) in [6.45, 7) is 0. The summed E-state index contributed by atoms with van der Waals surface area (Å²) < 4.78 is 15.0. The maximum atomic E-state index is 13.8. The molecule has 5 heteroatoms. The highest BCUT2D eigenvalue weighted by Gasteiger charge is 2.24. The van der Waals surface area contributed by atoms with Crippen molar-refractivity contribution >= 4 is 5.69 Å². The Morgan fingerprint density at radius 2 is 1.95 bits per heavy atom. The highest BCUT2D eigenvalue weighted by molar-refractivity contribution is 5.46. The maximum Gasteiger partial charge on any atom is 0.294 e. The Kier molecular flexibility index (Phi) is 2.89. The van der Waals surface area contributed by atoms with Crippen LogP contribution in [0.15, 0.2) is 29.1 Å². The van der Waals surface area contributed by atoms with E-state index in [1.807, 2.05) is 0 Å². The van der Waals surface area contributed by atoms with Gasteiger partial charge < -0.3 is 5.73 Å². The lowest BCUT2D eigenvalue weighted by Gasteiger charge is -2.07. The maximum absolute atomic E-state index is 13.8. The molecule has 4 nitrogen and oxygen atoms in total. The van der Waals surface area contributed by atoms with Gasteiger partial charge >= 0.3 is 0 Å². The summed E-state index contributed by atoms with van der Waals surface area (Å²) in [7, 11) is 0. The van der Waals surface area contributed by atoms with E-state index in [1.54, 1.807) is 18.2 Å². The fraction of sp³-hybridized carbons (Fsp3) is 0.357. The molecule has 1 aliphatic rings. The minimum absolute atomic E-state index is 0.212. The number of anilines is 1. The number of aromatic amines is 1. The zero-order chi connectivity index (χ0) is 13.4. The van der Waals surface area contributed by atoms with E-state index >= 15 is 0 Å². The van der Waals surface area contributed by atoms with Crippen molar-refractivity contribution in [3.05, 3.63) is 46.1 Å². The Balaban J connectivity index is 2.11. The van der Waals surface area contributed by atoms with E-state index in [0.717, 1.165) is 31.4 Å². The Hall–Kier alpha value is -2.04. The van der Waals surface area contributed by atoms with Crippen LogP contribution in [0.1, 0.15) is 37.3 Å². The third kappa shape index (κ3) is 1.95. The van der Waals surface area contributed by atoms with Crippen molar-refractivity contribution in [2.45, 2.75) is 31.6 Å². The van der Waals surface area contributed by atoms with Crippen molar-refractivity contribution in [3.8, 4) is 5.69 Å². The molecule has 1 aromatic carbocycles. The lowest BCUT2D eigenvalue weighted by atomic mass is 10.0. The van der Waals surface area contributed by atoms with Gasteiger partial charge in [-0.05, 0) is 25.0 Å². The Labute approximate surface area is 110 Å². The molecule has 0 amide bonds. The quantitative estimate of drug-likeness (QED) is 0.872. The summed E-state index contributed by atoms with van der Waals surface area (Å²) in [4.78, 5) is 12.1. The van der Waals surface area contributed by atoms with Crippen LogP contribution in [0.4, 0.5) is 10.1 Å². The second-order valence-corrected chi connectivity index (χ2v) is 5.01. The molecule has 1 aliphatic carbocycles. The molecule has 2 aromatic rings. The number of para-hydroxylation sites is 1. The van der Waals surface area contributed by atoms with Gasteiger partial charge in [0.2, 0.25) is 0 Å². The number of nitrogen functional groups attached to an aromatic ring is 1. The summed E-state index contributed by atoms with van der Waals surface area (Å²) in [6.07, 6.45) is 4.36. The van der Waals surface area contributed by atoms with E-state index in [0.29, 0.717) is 5.92 Å². The first-order valence-electron chi connectivity index (χ1n) is 6.54. The molecule has 3 N–H and O–H groups in total. The molecule has 0 unspecified atom stereocenters. The molecule has 1 fully saturated rings. The number of halogens is 1. The number of rotatable bonds is 2. The van der Waals surface area contributed by atoms with Crippen LogP contribution in [0, 0.1) is 5.82 Å². The van der Waals surface area contributed by atoms with Crippen LogP contribution < -0.4 is 11.3 Å². The van der Waals surface area contributed by atoms with Crippen molar-refractivity contribution in [3.63, 3.8) is 0 Å². The fourth-order valence-electron chi connectivity index (χ4n) is 2.80. The van der Waals surface area contributed by atoms with Crippen molar-refractivity contribution in [2.24, 2.45) is 0 Å². The van der Waals surface area contributed by atoms with E-state index in [4.69, 9.17) is 5.73 Å². The van der Waals surface area contributed by atoms with Gasteiger partial charge in [0, 0.05) is 5.92 Å². The lowest BCUT2D eigenvalue weighted by molar-refractivity contribution is 0.603. The molecule has 0 radical (unpaired) electrons. The zero-order valence-electron chi connectivity index (χ0n) is 10.5. The SMILES string of the molecule is Nc1c(C2CCCC2)[nH]n(-c2ccccc2F)c1=O. The highest BCUT2D eigenvalue weighted by Crippen LogP contribution is 2.35. The van der Waals surface area contributed by atoms with Crippen LogP contribution in [-0.4, -0.2) is 9.78 Å². The molecule has 100 valence electrons. The molecule has 1 aromatic heterocycles. The second-order valence-electron chi connectivity index (χ2n) is 5.01. The summed E-state index contributed by atoms with van der Waals surface area (Å²) in [6, 6.07) is 6.17. The first kappa shape index (κ1) is 12.0. The summed E-state index contributed by atoms with van der Waals surface area (Å²) in [5.41, 5.74) is 6.70. The average Bonchev–Trinajstić information content (AvgIpc) is 3.02. The van der Waals surface area contributed by atoms with Crippen LogP contribution in [0.25, 0.3) is 5.69 Å². The van der Waals surface area contributed by atoms with Crippen LogP contribution >= 0.6 is 0 Å². The summed E-state index contributed by atoms with van der Waals surface area (Å²) in [5, 5.41) is 2.99. The molecule has 0 saturated heterocycles. The third-order valence-corrected chi connectivity index (χ3v) is 3.81. The number of aromatic nitrogens is 2. The normalized spacial score (nSPS) is 16.1. The summed E-state index contributed by atoms with van der Waals surface area (Å²) in [5.74, 6) is -0.149. The first-order chi connectivity index (χ1) is 9.18. The van der Waals surface area contributed by atoms with Crippen molar-refractivity contribution in [2.75, 3.05) is 5.73 Å². The van der Waals surface area contributed by atoms with Gasteiger partial charge in [-0.1, -0.05) is 25.0 Å². The molecular weight excluding hydrogens is 245 g/mol. The predicted molar refractivity (Wildman–Crippen MR) is 72.0 cm³/mol. The van der Waals surface area contributed by atoms with E-state index < -0.39 is 5.82 Å². The van der Waals surface area contributed by atoms with Gasteiger partial charge in [-0.25, -0.2) is 9.07 Å². The number of H-pyrrole nitrogens is 1. The number of nitrogens with one attached hydrogen (secondary N) is 1. The first-order valence-corrected chi connectivity index (χ1v) is 6.54. The minimum atomic E-state index is -0.441. The standard InChI is InChI=1S/C14H16FN3O/c15-10-7-3-4-8-11(10)18-14(19)12(16)13(17-18)9-5-1-2-6-9/h3-4,7-9,17H,1-2,5-6,16H2. The van der Waals surface area contributed by atoms with Gasteiger partial charge in [-0.3, -0.25) is 9.89 Å². The van der Waals surface area contributed by atoms with Gasteiger partial charge in [-0.15, -0.1) is 0 Å². The number of benzene rings is 1. The van der Waals surface area contributed by atoms with E-state index in [9.17, 15) is 9.18 Å². The van der Waals surface area contributed by atoms with Crippen LogP contribution in [-0.2, 0) is 0 Å². The van der Waals surface area contributed by atoms with Crippen molar-refractivity contribution < 1.29 is 4.39 Å². The molecule has 0 aliphatic heterocycles. The average molecular weight is 261 g/mol. The van der Waals surface area contributed by atoms with Gasteiger partial charge in [0.15, 0.2) is 0 Å². The predicted octanol–water partition coefficient (Wildman–Crippen LogP) is 2.54. The van der Waals surface area contributed by atoms with Crippen molar-refractivity contribution in [1.29, 1.82) is 0 Å². The smallest absolute Gasteiger partial charge is 0.294 e. The van der Waals surface area contributed by atoms with Gasteiger partial charge in [0.25, 0.3) is 5.56 Å². The largest absolute Gasteiger partial charge is 0.393 e. The van der Waals surface area contributed by atoms with E-state index in [1.165, 1.54) is 10.7 Å². The monoisotopic (exact) mass is 261 g/mol. The molecule has 0 spiro atoms. The third-order valence-electron chi connectivity index (χ3n) is 3.81. The van der Waals surface area contributed by atoms with E-state index in [-0.39, 0.29) is 16.9 Å². The van der Waals surface area contributed by atoms with Gasteiger partial charge in [-0.2, -0.15) is 0 Å². The molecule has 0 atom stereocenters. The topological polar surface area (TPSA) is 63.8 Å². The Morgan fingerprint density at radius 1 is 1.26 bits per heavy atom. The summed E-state index contributed by atoms with van der Waals surface area (Å²) >= 11 is 0. The lowest BCUT2D eigenvalue weighted by Crippen LogP contribution is -2.17. The number of hydrogen-bond donors (Lipinski definition) is 2. The van der Waals surface area contributed by atoms with Crippen molar-refractivity contribution in [1.82, 2.24) is 9.78 Å². The number of nitrogens with zero attached hydrogens (tertiary/aromatic N) is 1. The molecule has 0 bridgehead atoms. The molecule has 19 heavy (non-hydrogen) atoms. The van der Waals surface area contributed by atoms with Gasteiger partial charge in [0.05, 0.1) is 5.69 Å². The number of hydrogen-bond acceptors (Lipinski definition) is 2. The minimum Gasteiger partial charge on any atom is -0.393 e. The van der Waals surface area contributed by atoms with Crippen LogP contribution in [0.3, 0.4) is 0 Å². The zero-order valence-corrected chi connectivity index (χ0v) is 10.5. The Morgan fingerprint density at radius 3 is 2.63 bits per heavy atom. The molecule has 3 rings (SSSR count).